The van der Waals surface area contributed by atoms with Gasteiger partial charge >= 0.3 is 5.97 Å². The Morgan fingerprint density at radius 2 is 2.00 bits per heavy atom. The normalized spacial score (nSPS) is 11.1. The van der Waals surface area contributed by atoms with E-state index in [0.717, 1.165) is 29.5 Å². The van der Waals surface area contributed by atoms with E-state index in [1.54, 1.807) is 0 Å². The molecule has 128 valence electrons. The Balaban J connectivity index is 2.08. The van der Waals surface area contributed by atoms with Crippen LogP contribution in [-0.2, 0) is 14.8 Å². The molecule has 2 N–H and O–H groups in total. The van der Waals surface area contributed by atoms with Crippen LogP contribution in [0, 0.1) is 5.82 Å². The van der Waals surface area contributed by atoms with Crippen LogP contribution < -0.4 is 9.88 Å². The van der Waals surface area contributed by atoms with E-state index in [4.69, 9.17) is 14.6 Å². The number of esters is 1. The lowest BCUT2D eigenvalue weighted by Crippen LogP contribution is -2.15. The van der Waals surface area contributed by atoms with E-state index in [1.807, 2.05) is 0 Å². The number of sulfonamides is 1. The van der Waals surface area contributed by atoms with Gasteiger partial charge in [-0.15, -0.1) is 11.3 Å². The van der Waals surface area contributed by atoms with E-state index >= 15 is 0 Å². The Morgan fingerprint density at radius 1 is 1.29 bits per heavy atom. The number of rotatable bonds is 6. The number of halogens is 1. The van der Waals surface area contributed by atoms with E-state index in [1.165, 1.54) is 18.6 Å². The quantitative estimate of drug-likeness (QED) is 0.608. The molecule has 0 unspecified atom stereocenters. The molecule has 0 fully saturated rings. The minimum atomic E-state index is -3.92. The van der Waals surface area contributed by atoms with Gasteiger partial charge in [0.2, 0.25) is 15.8 Å². The second kappa shape index (κ2) is 7.07. The highest BCUT2D eigenvalue weighted by Crippen LogP contribution is 2.21. The second-order valence-corrected chi connectivity index (χ2v) is 7.24. The van der Waals surface area contributed by atoms with Crippen molar-refractivity contribution in [2.24, 2.45) is 5.14 Å². The smallest absolute Gasteiger partial charge is 0.339 e. The SMILES string of the molecule is COc1ccc(F)cc1C(=O)COC(=O)c1csc(S(N)(=O)=O)c1. The highest BCUT2D eigenvalue weighted by Gasteiger charge is 2.19. The van der Waals surface area contributed by atoms with Gasteiger partial charge in [0.1, 0.15) is 15.8 Å². The number of ketones is 1. The molecule has 0 aliphatic rings. The number of hydrogen-bond acceptors (Lipinski definition) is 7. The van der Waals surface area contributed by atoms with Gasteiger partial charge in [0.15, 0.2) is 6.61 Å². The minimum absolute atomic E-state index is 0.0527. The molecule has 7 nitrogen and oxygen atoms in total. The molecule has 1 heterocycles. The molecule has 0 radical (unpaired) electrons. The Hall–Kier alpha value is -2.30. The predicted molar refractivity (Wildman–Crippen MR) is 83.3 cm³/mol. The van der Waals surface area contributed by atoms with Gasteiger partial charge in [-0.3, -0.25) is 4.79 Å². The molecular weight excluding hydrogens is 361 g/mol. The lowest BCUT2D eigenvalue weighted by Gasteiger charge is -2.08. The third-order valence-electron chi connectivity index (χ3n) is 2.89. The maximum atomic E-state index is 13.2. The molecule has 0 aliphatic heterocycles. The van der Waals surface area contributed by atoms with Crippen LogP contribution in [0.5, 0.6) is 5.75 Å². The van der Waals surface area contributed by atoms with Crippen molar-refractivity contribution >= 4 is 33.1 Å². The minimum Gasteiger partial charge on any atom is -0.496 e. The Labute approximate surface area is 140 Å². The molecule has 1 aromatic heterocycles. The monoisotopic (exact) mass is 373 g/mol. The molecule has 0 saturated heterocycles. The first-order valence-electron chi connectivity index (χ1n) is 6.37. The van der Waals surface area contributed by atoms with Gasteiger partial charge in [-0.25, -0.2) is 22.7 Å². The number of hydrogen-bond donors (Lipinski definition) is 1. The van der Waals surface area contributed by atoms with Gasteiger partial charge in [0, 0.05) is 5.38 Å². The number of ether oxygens (including phenoxy) is 2. The number of primary sulfonamides is 1. The fraction of sp³-hybridized carbons (Fsp3) is 0.143. The lowest BCUT2D eigenvalue weighted by molar-refractivity contribution is 0.0474. The highest BCUT2D eigenvalue weighted by molar-refractivity contribution is 7.91. The lowest BCUT2D eigenvalue weighted by atomic mass is 10.1. The summed E-state index contributed by atoms with van der Waals surface area (Å²) in [4.78, 5) is 23.9. The third-order valence-corrected chi connectivity index (χ3v) is 5.27. The van der Waals surface area contributed by atoms with Gasteiger partial charge in [-0.2, -0.15) is 0 Å². The fourth-order valence-electron chi connectivity index (χ4n) is 1.76. The molecule has 0 atom stereocenters. The van der Waals surface area contributed by atoms with Gasteiger partial charge in [0.05, 0.1) is 18.2 Å². The zero-order chi connectivity index (χ0) is 17.9. The first-order chi connectivity index (χ1) is 11.2. The summed E-state index contributed by atoms with van der Waals surface area (Å²) in [6, 6.07) is 4.43. The molecule has 2 rings (SSSR count). The van der Waals surface area contributed by atoms with E-state index in [0.29, 0.717) is 0 Å². The molecule has 0 amide bonds. The second-order valence-electron chi connectivity index (χ2n) is 4.54. The zero-order valence-corrected chi connectivity index (χ0v) is 13.9. The average Bonchev–Trinajstić information content (AvgIpc) is 3.02. The molecule has 2 aromatic rings. The molecule has 0 spiro atoms. The number of nitrogens with two attached hydrogens (primary N) is 1. The van der Waals surface area contributed by atoms with Crippen LogP contribution in [0.3, 0.4) is 0 Å². The van der Waals surface area contributed by atoms with Gasteiger partial charge in [-0.1, -0.05) is 0 Å². The van der Waals surface area contributed by atoms with Crippen LogP contribution in [0.2, 0.25) is 0 Å². The van der Waals surface area contributed by atoms with Crippen molar-refractivity contribution in [3.63, 3.8) is 0 Å². The molecule has 10 heteroatoms. The van der Waals surface area contributed by atoms with Crippen LogP contribution in [0.4, 0.5) is 4.39 Å². The summed E-state index contributed by atoms with van der Waals surface area (Å²) in [6.45, 7) is -0.654. The summed E-state index contributed by atoms with van der Waals surface area (Å²) >= 11 is 0.755. The van der Waals surface area contributed by atoms with Gasteiger partial charge < -0.3 is 9.47 Å². The first-order valence-corrected chi connectivity index (χ1v) is 8.80. The molecular formula is C14H12FNO6S2. The van der Waals surface area contributed by atoms with Crippen molar-refractivity contribution in [1.29, 1.82) is 0 Å². The molecule has 24 heavy (non-hydrogen) atoms. The van der Waals surface area contributed by atoms with E-state index in [2.05, 4.69) is 0 Å². The van der Waals surface area contributed by atoms with Crippen molar-refractivity contribution in [2.45, 2.75) is 4.21 Å². The van der Waals surface area contributed by atoms with Gasteiger partial charge in [0.25, 0.3) is 0 Å². The predicted octanol–water partition coefficient (Wildman–Crippen LogP) is 1.58. The van der Waals surface area contributed by atoms with E-state index < -0.39 is 34.2 Å². The molecule has 1 aromatic carbocycles. The van der Waals surface area contributed by atoms with Crippen LogP contribution >= 0.6 is 11.3 Å². The van der Waals surface area contributed by atoms with Crippen molar-refractivity contribution in [3.05, 3.63) is 46.6 Å². The Morgan fingerprint density at radius 3 is 2.58 bits per heavy atom. The Kier molecular flexibility index (Phi) is 5.32. The number of thiophene rings is 1. The molecule has 0 bridgehead atoms. The van der Waals surface area contributed by atoms with Crippen LogP contribution in [0.25, 0.3) is 0 Å². The largest absolute Gasteiger partial charge is 0.496 e. The number of methoxy groups -OCH3 is 1. The summed E-state index contributed by atoms with van der Waals surface area (Å²) in [5, 5.41) is 6.19. The van der Waals surface area contributed by atoms with Crippen molar-refractivity contribution < 1.29 is 31.9 Å². The topological polar surface area (TPSA) is 113 Å². The molecule has 0 aliphatic carbocycles. The third kappa shape index (κ3) is 4.16. The summed E-state index contributed by atoms with van der Waals surface area (Å²) in [7, 11) is -2.60. The first kappa shape index (κ1) is 18.0. The number of carbonyl (C=O) groups excluding carboxylic acids is 2. The van der Waals surface area contributed by atoms with E-state index in [9.17, 15) is 22.4 Å². The fourth-order valence-corrected chi connectivity index (χ4v) is 3.34. The van der Waals surface area contributed by atoms with Crippen LogP contribution in [0.15, 0.2) is 33.9 Å². The number of carbonyl (C=O) groups is 2. The number of Topliss-reactive ketones (excluding diaryl/α,β-unsaturated/α-hetero) is 1. The summed E-state index contributed by atoms with van der Waals surface area (Å²) in [5.41, 5.74) is -0.121. The summed E-state index contributed by atoms with van der Waals surface area (Å²) in [5.74, 6) is -2.06. The van der Waals surface area contributed by atoms with E-state index in [-0.39, 0.29) is 21.1 Å². The standard InChI is InChI=1S/C14H12FNO6S2/c1-21-12-3-2-9(15)5-10(12)11(17)6-22-14(18)8-4-13(23-7-8)24(16,19)20/h2-5,7H,6H2,1H3,(H2,16,19,20). The van der Waals surface area contributed by atoms with Crippen molar-refractivity contribution in [3.8, 4) is 5.75 Å². The van der Waals surface area contributed by atoms with Crippen LogP contribution in [-0.4, -0.2) is 33.9 Å². The maximum Gasteiger partial charge on any atom is 0.339 e. The Bertz CT molecular complexity index is 890. The molecule has 0 saturated carbocycles. The van der Waals surface area contributed by atoms with Crippen molar-refractivity contribution in [1.82, 2.24) is 0 Å². The maximum absolute atomic E-state index is 13.2. The number of benzene rings is 1. The summed E-state index contributed by atoms with van der Waals surface area (Å²) in [6.07, 6.45) is 0. The van der Waals surface area contributed by atoms with Crippen molar-refractivity contribution in [2.75, 3.05) is 13.7 Å². The van der Waals surface area contributed by atoms with Gasteiger partial charge in [-0.05, 0) is 24.3 Å². The van der Waals surface area contributed by atoms with Crippen LogP contribution in [0.1, 0.15) is 20.7 Å². The zero-order valence-electron chi connectivity index (χ0n) is 12.3. The highest BCUT2D eigenvalue weighted by atomic mass is 32.2. The average molecular weight is 373 g/mol. The summed E-state index contributed by atoms with van der Waals surface area (Å²) < 4.78 is 45.1.